The second-order valence-electron chi connectivity index (χ2n) is 7.29. The fourth-order valence-electron chi connectivity index (χ4n) is 3.61. The molecule has 0 saturated heterocycles. The molecule has 1 unspecified atom stereocenters. The van der Waals surface area contributed by atoms with Crippen LogP contribution in [0.25, 0.3) is 5.57 Å². The van der Waals surface area contributed by atoms with Gasteiger partial charge in [-0.1, -0.05) is 81.2 Å². The summed E-state index contributed by atoms with van der Waals surface area (Å²) in [6.45, 7) is 2.65. The Kier molecular flexibility index (Phi) is 6.69. The largest absolute Gasteiger partial charge is 0.467 e. The highest BCUT2D eigenvalue weighted by atomic mass is 16.3. The summed E-state index contributed by atoms with van der Waals surface area (Å²) in [5.74, 6) is 0.875. The Bertz CT molecular complexity index is 774. The van der Waals surface area contributed by atoms with Crippen LogP contribution in [-0.2, 0) is 11.3 Å². The van der Waals surface area contributed by atoms with E-state index in [1.807, 2.05) is 30.3 Å². The third kappa shape index (κ3) is 5.00. The number of allylic oxidation sites excluding steroid dienone is 3. The number of amides is 1. The zero-order valence-corrected chi connectivity index (χ0v) is 16.1. The molecule has 3 rings (SSSR count). The Hall–Kier alpha value is -2.55. The van der Waals surface area contributed by atoms with Crippen LogP contribution in [0.15, 0.2) is 71.4 Å². The maximum atomic E-state index is 13.1. The quantitative estimate of drug-likeness (QED) is 0.564. The molecule has 1 N–H and O–H groups in total. The first kappa shape index (κ1) is 19.2. The van der Waals surface area contributed by atoms with Crippen molar-refractivity contribution in [2.24, 2.45) is 5.41 Å². The lowest BCUT2D eigenvalue weighted by Gasteiger charge is -2.31. The minimum atomic E-state index is -0.460. The molecule has 3 nitrogen and oxygen atoms in total. The van der Waals surface area contributed by atoms with Crippen molar-refractivity contribution in [3.05, 3.63) is 78.3 Å². The molecular weight excluding hydrogens is 334 g/mol. The van der Waals surface area contributed by atoms with Crippen LogP contribution in [0.5, 0.6) is 0 Å². The monoisotopic (exact) mass is 363 g/mol. The third-order valence-electron chi connectivity index (χ3n) is 5.31. The normalized spacial score (nSPS) is 18.9. The van der Waals surface area contributed by atoms with Gasteiger partial charge in [0.2, 0.25) is 5.91 Å². The maximum Gasteiger partial charge on any atom is 0.230 e. The Balaban J connectivity index is 1.70. The zero-order valence-electron chi connectivity index (χ0n) is 16.1. The smallest absolute Gasteiger partial charge is 0.230 e. The van der Waals surface area contributed by atoms with E-state index in [-0.39, 0.29) is 5.91 Å². The fraction of sp³-hybridized carbons (Fsp3) is 0.375. The van der Waals surface area contributed by atoms with Crippen molar-refractivity contribution in [3.63, 3.8) is 0 Å². The fourth-order valence-corrected chi connectivity index (χ4v) is 3.61. The highest BCUT2D eigenvalue weighted by Crippen LogP contribution is 2.38. The molecule has 1 atom stereocenters. The summed E-state index contributed by atoms with van der Waals surface area (Å²) < 4.78 is 5.35. The number of nitrogens with one attached hydrogen (secondary N) is 1. The molecule has 0 aliphatic heterocycles. The van der Waals surface area contributed by atoms with Gasteiger partial charge in [0.1, 0.15) is 5.76 Å². The van der Waals surface area contributed by atoms with Gasteiger partial charge in [-0.2, -0.15) is 0 Å². The summed E-state index contributed by atoms with van der Waals surface area (Å²) in [4.78, 5) is 13.1. The van der Waals surface area contributed by atoms with Gasteiger partial charge in [0.25, 0.3) is 0 Å². The van der Waals surface area contributed by atoms with Crippen LogP contribution in [-0.4, -0.2) is 5.91 Å². The summed E-state index contributed by atoms with van der Waals surface area (Å²) >= 11 is 0. The number of hydrogen-bond acceptors (Lipinski definition) is 2. The summed E-state index contributed by atoms with van der Waals surface area (Å²) in [6, 6.07) is 14.1. The molecule has 1 amide bonds. The number of furan rings is 1. The van der Waals surface area contributed by atoms with Gasteiger partial charge in [-0.05, 0) is 36.1 Å². The molecule has 1 aromatic heterocycles. The van der Waals surface area contributed by atoms with Crippen LogP contribution < -0.4 is 5.32 Å². The van der Waals surface area contributed by atoms with E-state index in [0.29, 0.717) is 6.54 Å². The average molecular weight is 364 g/mol. The Morgan fingerprint density at radius 2 is 1.96 bits per heavy atom. The van der Waals surface area contributed by atoms with Gasteiger partial charge in [-0.25, -0.2) is 0 Å². The van der Waals surface area contributed by atoms with Crippen molar-refractivity contribution in [1.29, 1.82) is 0 Å². The topological polar surface area (TPSA) is 42.2 Å². The first-order valence-electron chi connectivity index (χ1n) is 9.99. The Morgan fingerprint density at radius 1 is 1.11 bits per heavy atom. The van der Waals surface area contributed by atoms with E-state index in [0.717, 1.165) is 25.0 Å². The minimum Gasteiger partial charge on any atom is -0.467 e. The van der Waals surface area contributed by atoms with E-state index >= 15 is 0 Å². The number of hydrogen-bond donors (Lipinski definition) is 1. The first-order chi connectivity index (χ1) is 13.2. The van der Waals surface area contributed by atoms with E-state index in [2.05, 4.69) is 42.6 Å². The summed E-state index contributed by atoms with van der Waals surface area (Å²) in [5.41, 5.74) is 1.93. The van der Waals surface area contributed by atoms with Crippen LogP contribution in [0.4, 0.5) is 0 Å². The van der Waals surface area contributed by atoms with E-state index in [9.17, 15) is 4.79 Å². The Morgan fingerprint density at radius 3 is 2.63 bits per heavy atom. The van der Waals surface area contributed by atoms with Crippen molar-refractivity contribution in [2.75, 3.05) is 0 Å². The third-order valence-corrected chi connectivity index (χ3v) is 5.31. The van der Waals surface area contributed by atoms with Gasteiger partial charge < -0.3 is 9.73 Å². The summed E-state index contributed by atoms with van der Waals surface area (Å²) in [7, 11) is 0. The van der Waals surface area contributed by atoms with E-state index in [1.54, 1.807) is 6.26 Å². The molecule has 3 heteroatoms. The molecule has 142 valence electrons. The van der Waals surface area contributed by atoms with Crippen LogP contribution in [0.2, 0.25) is 0 Å². The average Bonchev–Trinajstić information content (AvgIpc) is 3.24. The lowest BCUT2D eigenvalue weighted by Crippen LogP contribution is -2.40. The Labute approximate surface area is 162 Å². The van der Waals surface area contributed by atoms with Crippen LogP contribution >= 0.6 is 0 Å². The van der Waals surface area contributed by atoms with E-state index in [4.69, 9.17) is 4.42 Å². The predicted octanol–water partition coefficient (Wildman–Crippen LogP) is 5.90. The van der Waals surface area contributed by atoms with Crippen LogP contribution in [0, 0.1) is 5.41 Å². The minimum absolute atomic E-state index is 0.0926. The first-order valence-corrected chi connectivity index (χ1v) is 9.99. The molecular formula is C24H29NO2. The van der Waals surface area contributed by atoms with Gasteiger partial charge in [-0.15, -0.1) is 0 Å². The van der Waals surface area contributed by atoms with E-state index < -0.39 is 5.41 Å². The van der Waals surface area contributed by atoms with Crippen molar-refractivity contribution in [3.8, 4) is 0 Å². The van der Waals surface area contributed by atoms with Gasteiger partial charge >= 0.3 is 0 Å². The van der Waals surface area contributed by atoms with Crippen molar-refractivity contribution in [2.45, 2.75) is 52.0 Å². The number of unbranched alkanes of at least 4 members (excludes halogenated alkanes) is 3. The second kappa shape index (κ2) is 9.40. The van der Waals surface area contributed by atoms with E-state index in [1.165, 1.54) is 30.4 Å². The van der Waals surface area contributed by atoms with Crippen LogP contribution in [0.3, 0.4) is 0 Å². The molecule has 0 saturated carbocycles. The lowest BCUT2D eigenvalue weighted by atomic mass is 9.74. The molecule has 27 heavy (non-hydrogen) atoms. The summed E-state index contributed by atoms with van der Waals surface area (Å²) in [5, 5.41) is 3.08. The van der Waals surface area contributed by atoms with Gasteiger partial charge in [-0.3, -0.25) is 4.79 Å². The molecule has 1 aliphatic rings. The van der Waals surface area contributed by atoms with Gasteiger partial charge in [0, 0.05) is 0 Å². The number of carbonyl (C=O) groups excluding carboxylic acids is 1. The number of benzene rings is 1. The molecule has 1 aliphatic carbocycles. The molecule has 2 aromatic rings. The number of rotatable bonds is 9. The van der Waals surface area contributed by atoms with Gasteiger partial charge in [0.15, 0.2) is 0 Å². The molecule has 1 aromatic carbocycles. The lowest BCUT2D eigenvalue weighted by molar-refractivity contribution is -0.129. The maximum absolute atomic E-state index is 13.1. The highest BCUT2D eigenvalue weighted by Gasteiger charge is 2.36. The van der Waals surface area contributed by atoms with Crippen LogP contribution in [0.1, 0.15) is 56.8 Å². The summed E-state index contributed by atoms with van der Waals surface area (Å²) in [6.07, 6.45) is 14.4. The molecule has 1 heterocycles. The molecule has 0 fully saturated rings. The highest BCUT2D eigenvalue weighted by molar-refractivity contribution is 5.88. The molecule has 0 spiro atoms. The van der Waals surface area contributed by atoms with Crippen molar-refractivity contribution >= 4 is 11.5 Å². The second-order valence-corrected chi connectivity index (χ2v) is 7.29. The van der Waals surface area contributed by atoms with Gasteiger partial charge in [0.05, 0.1) is 18.2 Å². The SMILES string of the molecule is CCCCCCC1(C(=O)NCc2ccco2)C=CC(c2ccccc2)=CC1. The molecule has 0 bridgehead atoms. The zero-order chi connectivity index (χ0) is 19.0. The predicted molar refractivity (Wildman–Crippen MR) is 110 cm³/mol. The molecule has 0 radical (unpaired) electrons. The van der Waals surface area contributed by atoms with Crippen molar-refractivity contribution in [1.82, 2.24) is 5.32 Å². The van der Waals surface area contributed by atoms with Crippen molar-refractivity contribution < 1.29 is 9.21 Å². The standard InChI is InChI=1S/C24H29NO2/c1-2-3-4-8-15-24(23(26)25-19-22-12-9-18-27-22)16-13-21(14-17-24)20-10-6-5-7-11-20/h5-7,9-14,16,18H,2-4,8,15,17,19H2,1H3,(H,25,26). The number of carbonyl (C=O) groups is 1.